The lowest BCUT2D eigenvalue weighted by Gasteiger charge is -2.13. The minimum absolute atomic E-state index is 0.180. The summed E-state index contributed by atoms with van der Waals surface area (Å²) in [7, 11) is 0. The molecule has 18 heavy (non-hydrogen) atoms. The first-order valence-electron chi connectivity index (χ1n) is 6.40. The van der Waals surface area contributed by atoms with Gasteiger partial charge in [-0.25, -0.2) is 0 Å². The molecule has 1 atom stereocenters. The third-order valence-corrected chi connectivity index (χ3v) is 3.47. The Balaban J connectivity index is 1.92. The molecule has 1 fully saturated rings. The van der Waals surface area contributed by atoms with Gasteiger partial charge in [-0.3, -0.25) is 10.1 Å². The highest BCUT2D eigenvalue weighted by molar-refractivity contribution is 5.59. The van der Waals surface area contributed by atoms with Crippen LogP contribution in [0.15, 0.2) is 18.2 Å². The summed E-state index contributed by atoms with van der Waals surface area (Å²) >= 11 is 0. The lowest BCUT2D eigenvalue weighted by atomic mass is 10.1. The Kier molecular flexibility index (Phi) is 4.15. The van der Waals surface area contributed by atoms with E-state index in [2.05, 4.69) is 10.6 Å². The molecule has 0 radical (unpaired) electrons. The van der Waals surface area contributed by atoms with Gasteiger partial charge in [0.05, 0.1) is 4.92 Å². The summed E-state index contributed by atoms with van der Waals surface area (Å²) < 4.78 is 0. The van der Waals surface area contributed by atoms with Gasteiger partial charge in [0.1, 0.15) is 0 Å². The van der Waals surface area contributed by atoms with Gasteiger partial charge in [0.15, 0.2) is 0 Å². The fourth-order valence-electron chi connectivity index (χ4n) is 2.40. The average molecular weight is 249 g/mol. The van der Waals surface area contributed by atoms with Crippen LogP contribution < -0.4 is 10.6 Å². The monoisotopic (exact) mass is 249 g/mol. The maximum absolute atomic E-state index is 10.8. The number of nitro groups is 1. The van der Waals surface area contributed by atoms with Gasteiger partial charge >= 0.3 is 0 Å². The second kappa shape index (κ2) is 5.82. The third kappa shape index (κ3) is 2.98. The van der Waals surface area contributed by atoms with Crippen molar-refractivity contribution in [3.8, 4) is 0 Å². The zero-order valence-corrected chi connectivity index (χ0v) is 10.6. The van der Waals surface area contributed by atoms with E-state index in [-0.39, 0.29) is 10.6 Å². The van der Waals surface area contributed by atoms with Crippen LogP contribution in [0.5, 0.6) is 0 Å². The SMILES string of the molecule is Cc1c(NCC[C@H]2CCCN2)cccc1[N+](=O)[O-]. The summed E-state index contributed by atoms with van der Waals surface area (Å²) in [5.74, 6) is 0. The van der Waals surface area contributed by atoms with Crippen LogP contribution in [0.2, 0.25) is 0 Å². The molecule has 0 bridgehead atoms. The predicted octanol–water partition coefficient (Wildman–Crippen LogP) is 2.46. The first-order chi connectivity index (χ1) is 8.68. The van der Waals surface area contributed by atoms with E-state index in [1.54, 1.807) is 19.1 Å². The molecular formula is C13H19N3O2. The molecule has 1 aromatic carbocycles. The number of nitrogens with one attached hydrogen (secondary N) is 2. The van der Waals surface area contributed by atoms with Crippen LogP contribution in [0.1, 0.15) is 24.8 Å². The first kappa shape index (κ1) is 12.8. The van der Waals surface area contributed by atoms with Gasteiger partial charge in [0.25, 0.3) is 5.69 Å². The Morgan fingerprint density at radius 1 is 1.56 bits per heavy atom. The Labute approximate surface area is 107 Å². The van der Waals surface area contributed by atoms with Gasteiger partial charge < -0.3 is 10.6 Å². The number of nitrogens with zero attached hydrogens (tertiary/aromatic N) is 1. The fourth-order valence-corrected chi connectivity index (χ4v) is 2.40. The highest BCUT2D eigenvalue weighted by Crippen LogP contribution is 2.25. The maximum Gasteiger partial charge on any atom is 0.274 e. The van der Waals surface area contributed by atoms with Crippen molar-refractivity contribution in [2.45, 2.75) is 32.2 Å². The lowest BCUT2D eigenvalue weighted by molar-refractivity contribution is -0.385. The van der Waals surface area contributed by atoms with E-state index in [9.17, 15) is 10.1 Å². The van der Waals surface area contributed by atoms with Crippen molar-refractivity contribution in [2.24, 2.45) is 0 Å². The minimum Gasteiger partial charge on any atom is -0.385 e. The summed E-state index contributed by atoms with van der Waals surface area (Å²) in [6, 6.07) is 5.75. The maximum atomic E-state index is 10.8. The van der Waals surface area contributed by atoms with Crippen molar-refractivity contribution in [1.82, 2.24) is 5.32 Å². The smallest absolute Gasteiger partial charge is 0.274 e. The molecule has 5 heteroatoms. The van der Waals surface area contributed by atoms with Gasteiger partial charge in [0, 0.05) is 29.9 Å². The van der Waals surface area contributed by atoms with E-state index in [4.69, 9.17) is 0 Å². The van der Waals surface area contributed by atoms with Crippen molar-refractivity contribution in [3.63, 3.8) is 0 Å². The topological polar surface area (TPSA) is 67.2 Å². The lowest BCUT2D eigenvalue weighted by Crippen LogP contribution is -2.24. The molecule has 2 rings (SSSR count). The average Bonchev–Trinajstić information content (AvgIpc) is 2.84. The van der Waals surface area contributed by atoms with E-state index in [1.165, 1.54) is 12.8 Å². The quantitative estimate of drug-likeness (QED) is 0.621. The summed E-state index contributed by atoms with van der Waals surface area (Å²) in [5.41, 5.74) is 1.75. The number of nitro benzene ring substituents is 1. The van der Waals surface area contributed by atoms with Crippen molar-refractivity contribution >= 4 is 11.4 Å². The number of benzene rings is 1. The van der Waals surface area contributed by atoms with Crippen LogP contribution >= 0.6 is 0 Å². The Bertz CT molecular complexity index is 428. The standard InChI is InChI=1S/C13H19N3O2/c1-10-12(5-2-6-13(10)16(17)18)15-9-7-11-4-3-8-14-11/h2,5-6,11,14-15H,3-4,7-9H2,1H3/t11-/m1/s1. The van der Waals surface area contributed by atoms with Crippen molar-refractivity contribution < 1.29 is 4.92 Å². The molecule has 5 nitrogen and oxygen atoms in total. The van der Waals surface area contributed by atoms with Gasteiger partial charge in [-0.05, 0) is 38.8 Å². The number of anilines is 1. The highest BCUT2D eigenvalue weighted by atomic mass is 16.6. The molecule has 1 aliphatic heterocycles. The third-order valence-electron chi connectivity index (χ3n) is 3.47. The molecular weight excluding hydrogens is 230 g/mol. The Hall–Kier alpha value is -1.62. The van der Waals surface area contributed by atoms with E-state index in [1.807, 2.05) is 6.07 Å². The number of rotatable bonds is 5. The molecule has 1 aromatic rings. The molecule has 2 N–H and O–H groups in total. The van der Waals surface area contributed by atoms with Crippen LogP contribution in [0, 0.1) is 17.0 Å². The van der Waals surface area contributed by atoms with Crippen LogP contribution in [0.3, 0.4) is 0 Å². The minimum atomic E-state index is -0.334. The molecule has 0 spiro atoms. The number of hydrogen-bond donors (Lipinski definition) is 2. The summed E-state index contributed by atoms with van der Waals surface area (Å²) in [6.45, 7) is 3.74. The molecule has 1 heterocycles. The van der Waals surface area contributed by atoms with Crippen molar-refractivity contribution in [1.29, 1.82) is 0 Å². The predicted molar refractivity (Wildman–Crippen MR) is 72.0 cm³/mol. The van der Waals surface area contributed by atoms with Crippen molar-refractivity contribution in [2.75, 3.05) is 18.4 Å². The second-order valence-corrected chi connectivity index (χ2v) is 4.72. The molecule has 1 aliphatic rings. The summed E-state index contributed by atoms with van der Waals surface area (Å²) in [4.78, 5) is 10.5. The Morgan fingerprint density at radius 2 is 2.39 bits per heavy atom. The molecule has 0 saturated carbocycles. The second-order valence-electron chi connectivity index (χ2n) is 4.72. The van der Waals surface area contributed by atoms with E-state index < -0.39 is 0 Å². The molecule has 0 amide bonds. The van der Waals surface area contributed by atoms with Crippen LogP contribution in [-0.4, -0.2) is 24.1 Å². The van der Waals surface area contributed by atoms with Crippen LogP contribution in [-0.2, 0) is 0 Å². The van der Waals surface area contributed by atoms with E-state index in [0.29, 0.717) is 11.6 Å². The van der Waals surface area contributed by atoms with E-state index in [0.717, 1.165) is 25.2 Å². The Morgan fingerprint density at radius 3 is 3.06 bits per heavy atom. The molecule has 0 unspecified atom stereocenters. The van der Waals surface area contributed by atoms with Crippen LogP contribution in [0.25, 0.3) is 0 Å². The highest BCUT2D eigenvalue weighted by Gasteiger charge is 2.15. The molecule has 0 aliphatic carbocycles. The molecule has 0 aromatic heterocycles. The van der Waals surface area contributed by atoms with Gasteiger partial charge in [-0.1, -0.05) is 6.07 Å². The van der Waals surface area contributed by atoms with E-state index >= 15 is 0 Å². The fraction of sp³-hybridized carbons (Fsp3) is 0.538. The van der Waals surface area contributed by atoms with Gasteiger partial charge in [-0.15, -0.1) is 0 Å². The zero-order chi connectivity index (χ0) is 13.0. The first-order valence-corrected chi connectivity index (χ1v) is 6.40. The summed E-state index contributed by atoms with van der Waals surface area (Å²) in [6.07, 6.45) is 3.54. The molecule has 98 valence electrons. The van der Waals surface area contributed by atoms with Crippen LogP contribution in [0.4, 0.5) is 11.4 Å². The number of hydrogen-bond acceptors (Lipinski definition) is 4. The van der Waals surface area contributed by atoms with Gasteiger partial charge in [-0.2, -0.15) is 0 Å². The summed E-state index contributed by atoms with van der Waals surface area (Å²) in [5, 5.41) is 17.6. The van der Waals surface area contributed by atoms with Crippen molar-refractivity contribution in [3.05, 3.63) is 33.9 Å². The normalized spacial score (nSPS) is 18.8. The van der Waals surface area contributed by atoms with Gasteiger partial charge in [0.2, 0.25) is 0 Å². The largest absolute Gasteiger partial charge is 0.385 e. The molecule has 1 saturated heterocycles. The zero-order valence-electron chi connectivity index (χ0n) is 10.6.